The van der Waals surface area contributed by atoms with Crippen LogP contribution in [-0.2, 0) is 6.61 Å². The number of benzene rings is 1. The molecule has 1 N–H and O–H groups in total. The van der Waals surface area contributed by atoms with Gasteiger partial charge in [-0.2, -0.15) is 0 Å². The first-order chi connectivity index (χ1) is 6.29. The van der Waals surface area contributed by atoms with E-state index in [9.17, 15) is 0 Å². The van der Waals surface area contributed by atoms with E-state index in [0.717, 1.165) is 18.7 Å². The Labute approximate surface area is 78.8 Å². The van der Waals surface area contributed by atoms with Crippen LogP contribution in [0, 0.1) is 0 Å². The maximum absolute atomic E-state index is 8.98. The van der Waals surface area contributed by atoms with E-state index in [-0.39, 0.29) is 6.61 Å². The molecular formula is C11H15NO. The monoisotopic (exact) mass is 177 g/mol. The lowest BCUT2D eigenvalue weighted by Gasteiger charge is -2.36. The van der Waals surface area contributed by atoms with Crippen LogP contribution in [0.1, 0.15) is 17.0 Å². The van der Waals surface area contributed by atoms with Crippen LogP contribution in [0.15, 0.2) is 24.3 Å². The van der Waals surface area contributed by atoms with Crippen LogP contribution in [0.5, 0.6) is 0 Å². The zero-order chi connectivity index (χ0) is 9.26. The summed E-state index contributed by atoms with van der Waals surface area (Å²) >= 11 is 0. The molecule has 2 rings (SSSR count). The molecule has 13 heavy (non-hydrogen) atoms. The number of hydrogen-bond donors (Lipinski definition) is 1. The summed E-state index contributed by atoms with van der Waals surface area (Å²) in [4.78, 5) is 2.30. The van der Waals surface area contributed by atoms with Gasteiger partial charge in [-0.05, 0) is 18.2 Å². The molecule has 2 heteroatoms. The molecule has 1 aromatic rings. The number of hydrogen-bond acceptors (Lipinski definition) is 2. The second kappa shape index (κ2) is 3.48. The number of likely N-dealkylation sites (tertiary alicyclic amines) is 1. The zero-order valence-electron chi connectivity index (χ0n) is 7.90. The highest BCUT2D eigenvalue weighted by molar-refractivity contribution is 5.28. The molecule has 70 valence electrons. The molecular weight excluding hydrogens is 162 g/mol. The third kappa shape index (κ3) is 1.74. The van der Waals surface area contributed by atoms with Crippen molar-refractivity contribution < 1.29 is 5.11 Å². The highest BCUT2D eigenvalue weighted by atomic mass is 16.3. The van der Waals surface area contributed by atoms with Gasteiger partial charge < -0.3 is 10.0 Å². The van der Waals surface area contributed by atoms with E-state index < -0.39 is 0 Å². The minimum atomic E-state index is 0.149. The topological polar surface area (TPSA) is 23.5 Å². The van der Waals surface area contributed by atoms with Crippen LogP contribution in [0.4, 0.5) is 0 Å². The summed E-state index contributed by atoms with van der Waals surface area (Å²) in [5.74, 6) is 0.677. The lowest BCUT2D eigenvalue weighted by atomic mass is 9.91. The molecule has 1 fully saturated rings. The van der Waals surface area contributed by atoms with Crippen LogP contribution in [0.3, 0.4) is 0 Å². The second-order valence-corrected chi connectivity index (χ2v) is 3.82. The molecule has 0 amide bonds. The van der Waals surface area contributed by atoms with Gasteiger partial charge in [-0.15, -0.1) is 0 Å². The fraction of sp³-hybridized carbons (Fsp3) is 0.455. The Morgan fingerprint density at radius 3 is 2.85 bits per heavy atom. The van der Waals surface area contributed by atoms with Crippen molar-refractivity contribution in [2.45, 2.75) is 12.5 Å². The smallest absolute Gasteiger partial charge is 0.0681 e. The van der Waals surface area contributed by atoms with Gasteiger partial charge in [-0.25, -0.2) is 0 Å². The molecule has 1 heterocycles. The molecule has 0 aromatic heterocycles. The maximum Gasteiger partial charge on any atom is 0.0681 e. The zero-order valence-corrected chi connectivity index (χ0v) is 7.90. The number of aliphatic hydroxyl groups excluding tert-OH is 1. The van der Waals surface area contributed by atoms with Gasteiger partial charge in [0, 0.05) is 19.0 Å². The van der Waals surface area contributed by atoms with Crippen molar-refractivity contribution in [3.05, 3.63) is 35.4 Å². The normalized spacial score (nSPS) is 18.6. The van der Waals surface area contributed by atoms with Gasteiger partial charge >= 0.3 is 0 Å². The third-order valence-corrected chi connectivity index (χ3v) is 2.67. The van der Waals surface area contributed by atoms with Gasteiger partial charge in [0.2, 0.25) is 0 Å². The van der Waals surface area contributed by atoms with E-state index in [4.69, 9.17) is 5.11 Å². The van der Waals surface area contributed by atoms with Crippen molar-refractivity contribution in [1.82, 2.24) is 4.90 Å². The number of rotatable bonds is 2. The first kappa shape index (κ1) is 8.73. The van der Waals surface area contributed by atoms with E-state index >= 15 is 0 Å². The summed E-state index contributed by atoms with van der Waals surface area (Å²) < 4.78 is 0. The summed E-state index contributed by atoms with van der Waals surface area (Å²) in [5.41, 5.74) is 2.39. The molecule has 2 nitrogen and oxygen atoms in total. The average Bonchev–Trinajstić information content (AvgIpc) is 2.13. The molecule has 1 aromatic carbocycles. The van der Waals surface area contributed by atoms with Crippen molar-refractivity contribution in [2.75, 3.05) is 20.1 Å². The van der Waals surface area contributed by atoms with Gasteiger partial charge in [-0.3, -0.25) is 0 Å². The Morgan fingerprint density at radius 1 is 1.46 bits per heavy atom. The molecule has 0 saturated carbocycles. The summed E-state index contributed by atoms with van der Waals surface area (Å²) in [6, 6.07) is 8.25. The number of nitrogens with zero attached hydrogens (tertiary/aromatic N) is 1. The van der Waals surface area contributed by atoms with E-state index in [1.165, 1.54) is 5.56 Å². The van der Waals surface area contributed by atoms with E-state index in [1.54, 1.807) is 0 Å². The lowest BCUT2D eigenvalue weighted by molar-refractivity contribution is 0.189. The van der Waals surface area contributed by atoms with Crippen LogP contribution in [-0.4, -0.2) is 30.1 Å². The van der Waals surface area contributed by atoms with E-state index in [0.29, 0.717) is 5.92 Å². The van der Waals surface area contributed by atoms with Gasteiger partial charge in [0.15, 0.2) is 0 Å². The molecule has 0 radical (unpaired) electrons. The van der Waals surface area contributed by atoms with Gasteiger partial charge in [-0.1, -0.05) is 24.3 Å². The predicted octanol–water partition coefficient (Wildman–Crippen LogP) is 1.21. The molecule has 1 saturated heterocycles. The maximum atomic E-state index is 8.98. The Balaban J connectivity index is 2.12. The van der Waals surface area contributed by atoms with Crippen LogP contribution in [0.2, 0.25) is 0 Å². The Bertz CT molecular complexity index is 292. The average molecular weight is 177 g/mol. The Hall–Kier alpha value is -0.860. The van der Waals surface area contributed by atoms with Crippen LogP contribution >= 0.6 is 0 Å². The first-order valence-corrected chi connectivity index (χ1v) is 4.68. The van der Waals surface area contributed by atoms with E-state index in [1.807, 2.05) is 12.1 Å². The standard InChI is InChI=1S/C11H15NO/c1-12-6-11(7-12)10-4-2-3-9(5-10)8-13/h2-5,11,13H,6-8H2,1H3. The summed E-state index contributed by atoms with van der Waals surface area (Å²) in [7, 11) is 2.13. The fourth-order valence-electron chi connectivity index (χ4n) is 1.86. The van der Waals surface area contributed by atoms with Gasteiger partial charge in [0.05, 0.1) is 6.61 Å². The molecule has 0 bridgehead atoms. The number of likely N-dealkylation sites (N-methyl/N-ethyl adjacent to an activating group) is 1. The quantitative estimate of drug-likeness (QED) is 0.734. The summed E-state index contributed by atoms with van der Waals surface area (Å²) in [5, 5.41) is 8.98. The largest absolute Gasteiger partial charge is 0.392 e. The molecule has 0 aliphatic carbocycles. The first-order valence-electron chi connectivity index (χ1n) is 4.68. The summed E-state index contributed by atoms with van der Waals surface area (Å²) in [6.07, 6.45) is 0. The third-order valence-electron chi connectivity index (χ3n) is 2.67. The van der Waals surface area contributed by atoms with E-state index in [2.05, 4.69) is 24.1 Å². The van der Waals surface area contributed by atoms with Crippen molar-refractivity contribution in [2.24, 2.45) is 0 Å². The Morgan fingerprint density at radius 2 is 2.23 bits per heavy atom. The van der Waals surface area contributed by atoms with Crippen LogP contribution in [0.25, 0.3) is 0 Å². The minimum absolute atomic E-state index is 0.149. The molecule has 1 aliphatic rings. The van der Waals surface area contributed by atoms with Crippen molar-refractivity contribution in [1.29, 1.82) is 0 Å². The minimum Gasteiger partial charge on any atom is -0.392 e. The SMILES string of the molecule is CN1CC(c2cccc(CO)c2)C1. The lowest BCUT2D eigenvalue weighted by Crippen LogP contribution is -2.41. The van der Waals surface area contributed by atoms with Crippen LogP contribution < -0.4 is 0 Å². The highest BCUT2D eigenvalue weighted by Crippen LogP contribution is 2.25. The van der Waals surface area contributed by atoms with Gasteiger partial charge in [0.25, 0.3) is 0 Å². The van der Waals surface area contributed by atoms with Gasteiger partial charge in [0.1, 0.15) is 0 Å². The number of aliphatic hydroxyl groups is 1. The molecule has 0 spiro atoms. The van der Waals surface area contributed by atoms with Crippen molar-refractivity contribution in [3.8, 4) is 0 Å². The van der Waals surface area contributed by atoms with Crippen molar-refractivity contribution in [3.63, 3.8) is 0 Å². The fourth-order valence-corrected chi connectivity index (χ4v) is 1.86. The Kier molecular flexibility index (Phi) is 2.34. The van der Waals surface area contributed by atoms with Crippen molar-refractivity contribution >= 4 is 0 Å². The highest BCUT2D eigenvalue weighted by Gasteiger charge is 2.24. The predicted molar refractivity (Wildman–Crippen MR) is 52.6 cm³/mol. The summed E-state index contributed by atoms with van der Waals surface area (Å²) in [6.45, 7) is 2.44. The molecule has 1 aliphatic heterocycles. The molecule has 0 unspecified atom stereocenters. The second-order valence-electron chi connectivity index (χ2n) is 3.82. The molecule has 0 atom stereocenters.